The Morgan fingerprint density at radius 2 is 1.65 bits per heavy atom. The number of benzene rings is 1. The Bertz CT molecular complexity index is 719. The van der Waals surface area contributed by atoms with Gasteiger partial charge in [0.15, 0.2) is 0 Å². The van der Waals surface area contributed by atoms with Gasteiger partial charge in [0, 0.05) is 26.3 Å². The molecule has 1 unspecified atom stereocenters. The molecule has 2 rings (SSSR count). The number of carbonyl (C=O) groups excluding carboxylic acids is 4. The minimum Gasteiger partial charge on any atom is -0.426 e. The first kappa shape index (κ1) is 16.5. The van der Waals surface area contributed by atoms with Gasteiger partial charge in [0.1, 0.15) is 11.5 Å². The summed E-state index contributed by atoms with van der Waals surface area (Å²) in [6.45, 7) is 5.04. The smallest absolute Gasteiger partial charge is 0.342 e. The van der Waals surface area contributed by atoms with Crippen LogP contribution in [-0.2, 0) is 23.9 Å². The Labute approximate surface area is 131 Å². The molecule has 122 valence electrons. The fourth-order valence-corrected chi connectivity index (χ4v) is 2.15. The van der Waals surface area contributed by atoms with Gasteiger partial charge in [0.2, 0.25) is 0 Å². The standard InChI is InChI=1S/C15H14O8/c1-6-11(20-7(2)16)5-10-12(13(6)21-8(3)17)15(22-9(4)18)23-14(10)19/h5,15H,1-4H3. The number of ether oxygens (including phenoxy) is 4. The van der Waals surface area contributed by atoms with E-state index in [1.54, 1.807) is 0 Å². The van der Waals surface area contributed by atoms with E-state index < -0.39 is 30.2 Å². The SMILES string of the molecule is CC(=O)Oc1cc2c(c(OC(C)=O)c1C)C(OC(C)=O)OC2=O. The van der Waals surface area contributed by atoms with E-state index >= 15 is 0 Å². The van der Waals surface area contributed by atoms with E-state index in [0.717, 1.165) is 6.92 Å². The van der Waals surface area contributed by atoms with Gasteiger partial charge in [0.05, 0.1) is 11.1 Å². The molecule has 1 aliphatic rings. The first-order valence-corrected chi connectivity index (χ1v) is 6.63. The second kappa shape index (κ2) is 6.07. The summed E-state index contributed by atoms with van der Waals surface area (Å²) in [4.78, 5) is 45.6. The molecule has 1 atom stereocenters. The van der Waals surface area contributed by atoms with Crippen LogP contribution in [0.2, 0.25) is 0 Å². The van der Waals surface area contributed by atoms with Crippen molar-refractivity contribution < 1.29 is 38.1 Å². The molecular formula is C15H14O8. The van der Waals surface area contributed by atoms with Gasteiger partial charge in [0.25, 0.3) is 6.29 Å². The van der Waals surface area contributed by atoms with Crippen LogP contribution in [0.4, 0.5) is 0 Å². The van der Waals surface area contributed by atoms with Crippen LogP contribution in [0.1, 0.15) is 48.5 Å². The van der Waals surface area contributed by atoms with Gasteiger partial charge in [-0.1, -0.05) is 0 Å². The molecule has 0 fully saturated rings. The van der Waals surface area contributed by atoms with Gasteiger partial charge >= 0.3 is 23.9 Å². The fraction of sp³-hybridized carbons (Fsp3) is 0.333. The van der Waals surface area contributed by atoms with Crippen molar-refractivity contribution in [3.8, 4) is 11.5 Å². The fourth-order valence-electron chi connectivity index (χ4n) is 2.15. The maximum absolute atomic E-state index is 12.0. The lowest BCUT2D eigenvalue weighted by molar-refractivity contribution is -0.165. The largest absolute Gasteiger partial charge is 0.426 e. The van der Waals surface area contributed by atoms with Crippen molar-refractivity contribution in [3.05, 3.63) is 22.8 Å². The lowest BCUT2D eigenvalue weighted by Gasteiger charge is -2.16. The van der Waals surface area contributed by atoms with Gasteiger partial charge in [-0.2, -0.15) is 0 Å². The lowest BCUT2D eigenvalue weighted by Crippen LogP contribution is -2.12. The summed E-state index contributed by atoms with van der Waals surface area (Å²) in [6, 6.07) is 1.28. The zero-order valence-corrected chi connectivity index (χ0v) is 12.9. The molecule has 8 nitrogen and oxygen atoms in total. The Balaban J connectivity index is 2.64. The lowest BCUT2D eigenvalue weighted by atomic mass is 10.0. The molecule has 0 N–H and O–H groups in total. The zero-order valence-electron chi connectivity index (χ0n) is 12.9. The predicted octanol–water partition coefficient (Wildman–Crippen LogP) is 1.58. The summed E-state index contributed by atoms with van der Waals surface area (Å²) >= 11 is 0. The summed E-state index contributed by atoms with van der Waals surface area (Å²) in [5, 5.41) is 0. The highest BCUT2D eigenvalue weighted by molar-refractivity contribution is 5.96. The molecule has 23 heavy (non-hydrogen) atoms. The number of esters is 4. The zero-order chi connectivity index (χ0) is 17.3. The Morgan fingerprint density at radius 3 is 2.17 bits per heavy atom. The molecule has 0 aromatic heterocycles. The van der Waals surface area contributed by atoms with Gasteiger partial charge in [-0.05, 0) is 13.0 Å². The number of hydrogen-bond donors (Lipinski definition) is 0. The maximum atomic E-state index is 12.0. The third-order valence-corrected chi connectivity index (χ3v) is 2.96. The molecule has 1 heterocycles. The monoisotopic (exact) mass is 322 g/mol. The minimum absolute atomic E-state index is 0.00523. The molecule has 1 aromatic carbocycles. The van der Waals surface area contributed by atoms with Crippen molar-refractivity contribution in [2.75, 3.05) is 0 Å². The van der Waals surface area contributed by atoms with Crippen molar-refractivity contribution >= 4 is 23.9 Å². The van der Waals surface area contributed by atoms with Crippen LogP contribution < -0.4 is 9.47 Å². The average molecular weight is 322 g/mol. The van der Waals surface area contributed by atoms with Crippen molar-refractivity contribution in [2.24, 2.45) is 0 Å². The molecule has 0 amide bonds. The summed E-state index contributed by atoms with van der Waals surface area (Å²) < 4.78 is 20.0. The van der Waals surface area contributed by atoms with Crippen LogP contribution in [0.3, 0.4) is 0 Å². The van der Waals surface area contributed by atoms with Crippen LogP contribution in [0.25, 0.3) is 0 Å². The van der Waals surface area contributed by atoms with Crippen molar-refractivity contribution in [2.45, 2.75) is 34.0 Å². The quantitative estimate of drug-likeness (QED) is 0.610. The molecule has 0 radical (unpaired) electrons. The second-order valence-electron chi connectivity index (χ2n) is 4.82. The maximum Gasteiger partial charge on any atom is 0.342 e. The second-order valence-corrected chi connectivity index (χ2v) is 4.82. The molecule has 0 bridgehead atoms. The van der Waals surface area contributed by atoms with E-state index in [9.17, 15) is 19.2 Å². The summed E-state index contributed by atoms with van der Waals surface area (Å²) in [7, 11) is 0. The highest BCUT2D eigenvalue weighted by Gasteiger charge is 2.39. The van der Waals surface area contributed by atoms with E-state index in [1.807, 2.05) is 0 Å². The van der Waals surface area contributed by atoms with Crippen LogP contribution >= 0.6 is 0 Å². The molecule has 1 aromatic rings. The van der Waals surface area contributed by atoms with Crippen molar-refractivity contribution in [3.63, 3.8) is 0 Å². The number of rotatable bonds is 3. The van der Waals surface area contributed by atoms with E-state index in [-0.39, 0.29) is 22.6 Å². The minimum atomic E-state index is -1.32. The Hall–Kier alpha value is -2.90. The first-order valence-electron chi connectivity index (χ1n) is 6.63. The van der Waals surface area contributed by atoms with Crippen LogP contribution in [0, 0.1) is 6.92 Å². The van der Waals surface area contributed by atoms with Crippen LogP contribution in [0.15, 0.2) is 6.07 Å². The van der Waals surface area contributed by atoms with Gasteiger partial charge in [-0.3, -0.25) is 14.4 Å². The van der Waals surface area contributed by atoms with E-state index in [1.165, 1.54) is 26.8 Å². The van der Waals surface area contributed by atoms with Crippen LogP contribution in [0.5, 0.6) is 11.5 Å². The number of hydrogen-bond acceptors (Lipinski definition) is 8. The summed E-state index contributed by atoms with van der Waals surface area (Å²) in [5.74, 6) is -2.71. The highest BCUT2D eigenvalue weighted by Crippen LogP contribution is 2.44. The number of cyclic esters (lactones) is 1. The Kier molecular flexibility index (Phi) is 4.35. The third-order valence-electron chi connectivity index (χ3n) is 2.96. The van der Waals surface area contributed by atoms with Crippen LogP contribution in [-0.4, -0.2) is 23.9 Å². The topological polar surface area (TPSA) is 105 Å². The van der Waals surface area contributed by atoms with E-state index in [2.05, 4.69) is 0 Å². The summed E-state index contributed by atoms with van der Waals surface area (Å²) in [5.41, 5.74) is 0.396. The molecule has 0 spiro atoms. The van der Waals surface area contributed by atoms with Crippen molar-refractivity contribution in [1.82, 2.24) is 0 Å². The molecule has 8 heteroatoms. The molecule has 0 saturated heterocycles. The molecule has 1 aliphatic heterocycles. The van der Waals surface area contributed by atoms with Crippen molar-refractivity contribution in [1.29, 1.82) is 0 Å². The molecular weight excluding hydrogens is 308 g/mol. The normalized spacial score (nSPS) is 15.5. The van der Waals surface area contributed by atoms with Gasteiger partial charge in [-0.25, -0.2) is 4.79 Å². The number of carbonyl (C=O) groups is 4. The van der Waals surface area contributed by atoms with E-state index in [4.69, 9.17) is 18.9 Å². The molecule has 0 saturated carbocycles. The predicted molar refractivity (Wildman–Crippen MR) is 73.7 cm³/mol. The van der Waals surface area contributed by atoms with Gasteiger partial charge in [-0.15, -0.1) is 0 Å². The average Bonchev–Trinajstić information content (AvgIpc) is 2.69. The third kappa shape index (κ3) is 3.31. The molecule has 0 aliphatic carbocycles. The highest BCUT2D eigenvalue weighted by atomic mass is 16.7. The first-order chi connectivity index (χ1) is 10.7. The summed E-state index contributed by atoms with van der Waals surface area (Å²) in [6.07, 6.45) is -1.32. The Morgan fingerprint density at radius 1 is 1.04 bits per heavy atom. The van der Waals surface area contributed by atoms with E-state index in [0.29, 0.717) is 5.56 Å². The number of fused-ring (bicyclic) bond motifs is 1. The van der Waals surface area contributed by atoms with Gasteiger partial charge < -0.3 is 18.9 Å².